The highest BCUT2D eigenvalue weighted by atomic mass is 35.5. The first-order valence-corrected chi connectivity index (χ1v) is 6.51. The highest BCUT2D eigenvalue weighted by molar-refractivity contribution is 6.37. The standard InChI is InChI=1S/C13H9Cl2N3O3/c14-10-9(6-19)11(15)17-12(16-10)18-13(20)21-7-8-4-2-1-3-5-8/h1-6H,7H2,(H,16,17,18,20). The lowest BCUT2D eigenvalue weighted by Crippen LogP contribution is -2.16. The molecule has 108 valence electrons. The summed E-state index contributed by atoms with van der Waals surface area (Å²) in [4.78, 5) is 29.7. The van der Waals surface area contributed by atoms with E-state index in [0.29, 0.717) is 6.29 Å². The van der Waals surface area contributed by atoms with Crippen LogP contribution in [0.15, 0.2) is 30.3 Å². The van der Waals surface area contributed by atoms with Gasteiger partial charge in [-0.25, -0.2) is 4.79 Å². The number of carbonyl (C=O) groups excluding carboxylic acids is 2. The smallest absolute Gasteiger partial charge is 0.414 e. The second-order valence-electron chi connectivity index (χ2n) is 3.85. The number of carbonyl (C=O) groups is 2. The van der Waals surface area contributed by atoms with E-state index in [1.807, 2.05) is 30.3 Å². The fourth-order valence-corrected chi connectivity index (χ4v) is 1.90. The van der Waals surface area contributed by atoms with Crippen LogP contribution in [0.2, 0.25) is 10.3 Å². The zero-order chi connectivity index (χ0) is 15.2. The number of aromatic nitrogens is 2. The lowest BCUT2D eigenvalue weighted by molar-refractivity contribution is 0.112. The van der Waals surface area contributed by atoms with Crippen molar-refractivity contribution in [3.63, 3.8) is 0 Å². The van der Waals surface area contributed by atoms with E-state index >= 15 is 0 Å². The van der Waals surface area contributed by atoms with Gasteiger partial charge in [-0.1, -0.05) is 53.5 Å². The first-order chi connectivity index (χ1) is 10.1. The molecule has 2 aromatic rings. The minimum atomic E-state index is -0.759. The summed E-state index contributed by atoms with van der Waals surface area (Å²) >= 11 is 11.5. The fourth-order valence-electron chi connectivity index (χ4n) is 1.42. The Hall–Kier alpha value is -2.18. The first kappa shape index (κ1) is 15.2. The lowest BCUT2D eigenvalue weighted by Gasteiger charge is -2.07. The van der Waals surface area contributed by atoms with Crippen molar-refractivity contribution >= 4 is 41.5 Å². The molecule has 0 fully saturated rings. The maximum atomic E-state index is 11.6. The van der Waals surface area contributed by atoms with Crippen molar-refractivity contribution < 1.29 is 14.3 Å². The lowest BCUT2D eigenvalue weighted by atomic mass is 10.2. The molecule has 0 saturated heterocycles. The molecular weight excluding hydrogens is 317 g/mol. The van der Waals surface area contributed by atoms with Crippen LogP contribution < -0.4 is 5.32 Å². The molecule has 21 heavy (non-hydrogen) atoms. The number of benzene rings is 1. The van der Waals surface area contributed by atoms with Gasteiger partial charge in [0.25, 0.3) is 0 Å². The van der Waals surface area contributed by atoms with Crippen LogP contribution in [-0.2, 0) is 11.3 Å². The van der Waals surface area contributed by atoms with Crippen LogP contribution >= 0.6 is 23.2 Å². The molecule has 2 rings (SSSR count). The first-order valence-electron chi connectivity index (χ1n) is 5.76. The highest BCUT2D eigenvalue weighted by Crippen LogP contribution is 2.20. The molecule has 1 heterocycles. The number of nitrogens with one attached hydrogen (secondary N) is 1. The molecule has 0 aliphatic heterocycles. The molecule has 1 amide bonds. The molecule has 1 aromatic heterocycles. The van der Waals surface area contributed by atoms with Gasteiger partial charge in [-0.15, -0.1) is 0 Å². The molecule has 0 spiro atoms. The van der Waals surface area contributed by atoms with E-state index in [4.69, 9.17) is 27.9 Å². The van der Waals surface area contributed by atoms with Crippen LogP contribution in [0.4, 0.5) is 10.7 Å². The van der Waals surface area contributed by atoms with E-state index in [9.17, 15) is 9.59 Å². The van der Waals surface area contributed by atoms with Gasteiger partial charge in [-0.2, -0.15) is 9.97 Å². The van der Waals surface area contributed by atoms with Gasteiger partial charge in [0.1, 0.15) is 16.9 Å². The van der Waals surface area contributed by atoms with Crippen molar-refractivity contribution in [2.75, 3.05) is 5.32 Å². The molecule has 0 aliphatic rings. The maximum Gasteiger partial charge on any atom is 0.414 e. The number of aldehydes is 1. The maximum absolute atomic E-state index is 11.6. The third kappa shape index (κ3) is 4.14. The number of ether oxygens (including phenoxy) is 1. The van der Waals surface area contributed by atoms with Gasteiger partial charge in [-0.05, 0) is 5.56 Å². The Morgan fingerprint density at radius 1 is 1.19 bits per heavy atom. The quantitative estimate of drug-likeness (QED) is 0.688. The number of rotatable bonds is 4. The van der Waals surface area contributed by atoms with Crippen LogP contribution in [0, 0.1) is 0 Å². The topological polar surface area (TPSA) is 81.2 Å². The number of nitrogens with zero attached hydrogens (tertiary/aromatic N) is 2. The van der Waals surface area contributed by atoms with Gasteiger partial charge >= 0.3 is 6.09 Å². The minimum Gasteiger partial charge on any atom is -0.444 e. The summed E-state index contributed by atoms with van der Waals surface area (Å²) in [6.07, 6.45) is -0.327. The van der Waals surface area contributed by atoms with Crippen molar-refractivity contribution in [1.82, 2.24) is 9.97 Å². The summed E-state index contributed by atoms with van der Waals surface area (Å²) < 4.78 is 4.98. The van der Waals surface area contributed by atoms with Crippen molar-refractivity contribution in [2.45, 2.75) is 6.61 Å². The van der Waals surface area contributed by atoms with E-state index in [1.165, 1.54) is 0 Å². The van der Waals surface area contributed by atoms with Crippen molar-refractivity contribution in [3.05, 3.63) is 51.8 Å². The predicted molar refractivity (Wildman–Crippen MR) is 77.7 cm³/mol. The van der Waals surface area contributed by atoms with Crippen LogP contribution in [0.1, 0.15) is 15.9 Å². The molecule has 0 bridgehead atoms. The Morgan fingerprint density at radius 2 is 1.81 bits per heavy atom. The number of amides is 1. The minimum absolute atomic E-state index is 0.0402. The van der Waals surface area contributed by atoms with Crippen LogP contribution in [0.5, 0.6) is 0 Å². The fraction of sp³-hybridized carbons (Fsp3) is 0.0769. The summed E-state index contributed by atoms with van der Waals surface area (Å²) in [5.74, 6) is -0.145. The molecule has 0 aliphatic carbocycles. The van der Waals surface area contributed by atoms with E-state index in [1.54, 1.807) is 0 Å². The third-order valence-corrected chi connectivity index (χ3v) is 2.97. The molecule has 0 unspecified atom stereocenters. The average Bonchev–Trinajstić information content (AvgIpc) is 2.46. The molecule has 8 heteroatoms. The number of hydrogen-bond donors (Lipinski definition) is 1. The average molecular weight is 326 g/mol. The highest BCUT2D eigenvalue weighted by Gasteiger charge is 2.13. The van der Waals surface area contributed by atoms with Crippen molar-refractivity contribution in [1.29, 1.82) is 0 Å². The number of hydrogen-bond acceptors (Lipinski definition) is 5. The molecule has 6 nitrogen and oxygen atoms in total. The zero-order valence-corrected chi connectivity index (χ0v) is 12.1. The van der Waals surface area contributed by atoms with Crippen molar-refractivity contribution in [2.24, 2.45) is 0 Å². The van der Waals surface area contributed by atoms with Crippen LogP contribution in [0.25, 0.3) is 0 Å². The summed E-state index contributed by atoms with van der Waals surface area (Å²) in [6.45, 7) is 0.0978. The second-order valence-corrected chi connectivity index (χ2v) is 4.56. The van der Waals surface area contributed by atoms with Gasteiger partial charge in [-0.3, -0.25) is 10.1 Å². The van der Waals surface area contributed by atoms with Gasteiger partial charge in [0.15, 0.2) is 6.29 Å². The van der Waals surface area contributed by atoms with E-state index in [2.05, 4.69) is 15.3 Å². The monoisotopic (exact) mass is 325 g/mol. The SMILES string of the molecule is O=Cc1c(Cl)nc(NC(=O)OCc2ccccc2)nc1Cl. The largest absolute Gasteiger partial charge is 0.444 e. The number of halogens is 2. The van der Waals surface area contributed by atoms with Crippen LogP contribution in [-0.4, -0.2) is 22.3 Å². The Bertz CT molecular complexity index is 642. The Labute approximate surface area is 130 Å². The summed E-state index contributed by atoms with van der Waals surface area (Å²) in [6, 6.07) is 9.15. The second kappa shape index (κ2) is 7.01. The zero-order valence-electron chi connectivity index (χ0n) is 10.5. The van der Waals surface area contributed by atoms with Gasteiger partial charge in [0, 0.05) is 0 Å². The predicted octanol–water partition coefficient (Wildman–Crippen LogP) is 3.34. The van der Waals surface area contributed by atoms with E-state index in [0.717, 1.165) is 5.56 Å². The summed E-state index contributed by atoms with van der Waals surface area (Å²) in [5.41, 5.74) is 0.794. The molecule has 1 N–H and O–H groups in total. The Kier molecular flexibility index (Phi) is 5.08. The third-order valence-electron chi connectivity index (χ3n) is 2.40. The molecule has 1 aromatic carbocycles. The normalized spacial score (nSPS) is 10.0. The molecule has 0 saturated carbocycles. The molecular formula is C13H9Cl2N3O3. The van der Waals surface area contributed by atoms with Gasteiger partial charge < -0.3 is 4.74 Å². The summed E-state index contributed by atoms with van der Waals surface area (Å²) in [7, 11) is 0. The Morgan fingerprint density at radius 3 is 2.38 bits per heavy atom. The molecule has 0 radical (unpaired) electrons. The van der Waals surface area contributed by atoms with Crippen LogP contribution in [0.3, 0.4) is 0 Å². The Balaban J connectivity index is 1.98. The van der Waals surface area contributed by atoms with Gasteiger partial charge in [0.05, 0.1) is 5.56 Å². The van der Waals surface area contributed by atoms with Crippen molar-refractivity contribution in [3.8, 4) is 0 Å². The molecule has 0 atom stereocenters. The van der Waals surface area contributed by atoms with Gasteiger partial charge in [0.2, 0.25) is 5.95 Å². The number of anilines is 1. The van der Waals surface area contributed by atoms with E-state index < -0.39 is 6.09 Å². The summed E-state index contributed by atoms with van der Waals surface area (Å²) in [5, 5.41) is 1.98. The van der Waals surface area contributed by atoms with E-state index in [-0.39, 0.29) is 28.4 Å².